The van der Waals surface area contributed by atoms with Gasteiger partial charge in [0.25, 0.3) is 5.56 Å². The Hall–Kier alpha value is -2.32. The van der Waals surface area contributed by atoms with Crippen molar-refractivity contribution in [3.05, 3.63) is 86.8 Å². The lowest BCUT2D eigenvalue weighted by molar-refractivity contribution is 0.0951. The molecule has 8 heteroatoms. The van der Waals surface area contributed by atoms with Gasteiger partial charge in [0.2, 0.25) is 0 Å². The molecule has 0 fully saturated rings. The van der Waals surface area contributed by atoms with Gasteiger partial charge in [-0.15, -0.1) is 0 Å². The summed E-state index contributed by atoms with van der Waals surface area (Å²) in [5.74, 6) is 0.276. The molecule has 1 heterocycles. The van der Waals surface area contributed by atoms with E-state index in [1.54, 1.807) is 0 Å². The van der Waals surface area contributed by atoms with Crippen molar-refractivity contribution < 1.29 is 13.7 Å². The van der Waals surface area contributed by atoms with E-state index in [4.69, 9.17) is 25.3 Å². The Bertz CT molecular complexity index is 1090. The number of aromatic nitrogens is 2. The lowest BCUT2D eigenvalue weighted by Gasteiger charge is -2.21. The van der Waals surface area contributed by atoms with Crippen LogP contribution in [0.3, 0.4) is 0 Å². The quantitative estimate of drug-likeness (QED) is 0.266. The molecule has 0 radical (unpaired) electrons. The van der Waals surface area contributed by atoms with E-state index in [2.05, 4.69) is 24.2 Å². The first-order chi connectivity index (χ1) is 15.7. The summed E-state index contributed by atoms with van der Waals surface area (Å²) in [5.41, 5.74) is 2.41. The number of hydrogen-bond acceptors (Lipinski definition) is 6. The van der Waals surface area contributed by atoms with E-state index in [1.165, 1.54) is 28.5 Å². The van der Waals surface area contributed by atoms with Gasteiger partial charge in [-0.05, 0) is 51.0 Å². The van der Waals surface area contributed by atoms with Crippen molar-refractivity contribution in [3.63, 3.8) is 0 Å². The maximum atomic E-state index is 12.4. The Morgan fingerprint density at radius 3 is 2.24 bits per heavy atom. The molecule has 0 N–H and O–H groups in total. The summed E-state index contributed by atoms with van der Waals surface area (Å²) in [5, 5.41) is 4.21. The molecule has 0 bridgehead atoms. The van der Waals surface area contributed by atoms with Crippen molar-refractivity contribution in [1.29, 1.82) is 0 Å². The SMILES string of the molecule is Cc1ccc(SOCCOCc2ccc(COc3cnn(C(C)(C)C)c(=O)c3Cl)cc2)cc1. The Morgan fingerprint density at radius 1 is 0.970 bits per heavy atom. The van der Waals surface area contributed by atoms with Crippen LogP contribution in [0.1, 0.15) is 37.5 Å². The van der Waals surface area contributed by atoms with Gasteiger partial charge < -0.3 is 13.7 Å². The van der Waals surface area contributed by atoms with Crippen LogP contribution in [0.4, 0.5) is 0 Å². The molecule has 0 spiro atoms. The molecule has 0 aliphatic heterocycles. The minimum atomic E-state index is -0.455. The standard InChI is InChI=1S/C25H29ClN2O4S/c1-18-5-11-21(12-6-18)33-32-14-13-30-16-19-7-9-20(10-8-19)17-31-22-15-27-28(25(2,3)4)24(29)23(22)26/h5-12,15H,13-14,16-17H2,1-4H3. The minimum Gasteiger partial charge on any atom is -0.485 e. The first-order valence-corrected chi connectivity index (χ1v) is 11.8. The number of hydrogen-bond donors (Lipinski definition) is 0. The zero-order valence-corrected chi connectivity index (χ0v) is 20.9. The fourth-order valence-corrected chi connectivity index (χ4v) is 3.59. The Labute approximate surface area is 204 Å². The van der Waals surface area contributed by atoms with Gasteiger partial charge in [0.15, 0.2) is 10.8 Å². The van der Waals surface area contributed by atoms with E-state index in [9.17, 15) is 4.79 Å². The highest BCUT2D eigenvalue weighted by Gasteiger charge is 2.20. The summed E-state index contributed by atoms with van der Waals surface area (Å²) in [7, 11) is 0. The number of aryl methyl sites for hydroxylation is 1. The van der Waals surface area contributed by atoms with Gasteiger partial charge in [-0.25, -0.2) is 4.68 Å². The average Bonchev–Trinajstić information content (AvgIpc) is 2.78. The lowest BCUT2D eigenvalue weighted by atomic mass is 10.1. The molecular weight excluding hydrogens is 460 g/mol. The normalized spacial score (nSPS) is 11.5. The van der Waals surface area contributed by atoms with Crippen molar-refractivity contribution in [3.8, 4) is 5.75 Å². The zero-order valence-electron chi connectivity index (χ0n) is 19.3. The van der Waals surface area contributed by atoms with Gasteiger partial charge in [-0.2, -0.15) is 5.10 Å². The smallest absolute Gasteiger partial charge is 0.289 e. The number of ether oxygens (including phenoxy) is 2. The second kappa shape index (κ2) is 11.7. The summed E-state index contributed by atoms with van der Waals surface area (Å²) in [6.07, 6.45) is 1.48. The molecule has 1 aromatic heterocycles. The molecule has 33 heavy (non-hydrogen) atoms. The Kier molecular flexibility index (Phi) is 8.97. The van der Waals surface area contributed by atoms with Gasteiger partial charge in [0, 0.05) is 16.9 Å². The number of benzene rings is 2. The molecule has 3 aromatic rings. The van der Waals surface area contributed by atoms with E-state index < -0.39 is 5.54 Å². The molecule has 6 nitrogen and oxygen atoms in total. The van der Waals surface area contributed by atoms with Gasteiger partial charge in [-0.1, -0.05) is 53.6 Å². The first kappa shape index (κ1) is 25.3. The monoisotopic (exact) mass is 488 g/mol. The van der Waals surface area contributed by atoms with Gasteiger partial charge in [-0.3, -0.25) is 4.79 Å². The third-order valence-electron chi connectivity index (χ3n) is 4.70. The summed E-state index contributed by atoms with van der Waals surface area (Å²) in [6, 6.07) is 16.1. The van der Waals surface area contributed by atoms with Crippen LogP contribution in [0.5, 0.6) is 5.75 Å². The molecule has 0 saturated heterocycles. The Balaban J connectivity index is 1.40. The second-order valence-electron chi connectivity index (χ2n) is 8.59. The van der Waals surface area contributed by atoms with Crippen molar-refractivity contribution in [2.75, 3.05) is 13.2 Å². The van der Waals surface area contributed by atoms with E-state index in [1.807, 2.05) is 57.2 Å². The highest BCUT2D eigenvalue weighted by molar-refractivity contribution is 7.94. The van der Waals surface area contributed by atoms with Crippen molar-refractivity contribution in [1.82, 2.24) is 9.78 Å². The van der Waals surface area contributed by atoms with Crippen molar-refractivity contribution in [2.24, 2.45) is 0 Å². The van der Waals surface area contributed by atoms with Crippen LogP contribution in [-0.4, -0.2) is 23.0 Å². The second-order valence-corrected chi connectivity index (χ2v) is 9.84. The van der Waals surface area contributed by atoms with Gasteiger partial charge >= 0.3 is 0 Å². The molecule has 0 aliphatic carbocycles. The number of nitrogens with zero attached hydrogens (tertiary/aromatic N) is 2. The molecule has 0 unspecified atom stereocenters. The summed E-state index contributed by atoms with van der Waals surface area (Å²) in [4.78, 5) is 13.5. The third kappa shape index (κ3) is 7.61. The van der Waals surface area contributed by atoms with Crippen LogP contribution in [-0.2, 0) is 27.7 Å². The maximum absolute atomic E-state index is 12.4. The molecule has 0 amide bonds. The first-order valence-electron chi connectivity index (χ1n) is 10.7. The highest BCUT2D eigenvalue weighted by Crippen LogP contribution is 2.22. The fraction of sp³-hybridized carbons (Fsp3) is 0.360. The highest BCUT2D eigenvalue weighted by atomic mass is 35.5. The maximum Gasteiger partial charge on any atom is 0.289 e. The zero-order chi connectivity index (χ0) is 23.8. The largest absolute Gasteiger partial charge is 0.485 e. The summed E-state index contributed by atoms with van der Waals surface area (Å²) in [6.45, 7) is 9.53. The topological polar surface area (TPSA) is 62.6 Å². The van der Waals surface area contributed by atoms with Crippen LogP contribution < -0.4 is 10.3 Å². The van der Waals surface area contributed by atoms with Crippen molar-refractivity contribution >= 4 is 23.6 Å². The third-order valence-corrected chi connectivity index (χ3v) is 5.79. The lowest BCUT2D eigenvalue weighted by Crippen LogP contribution is -2.36. The molecule has 0 aliphatic rings. The predicted octanol–water partition coefficient (Wildman–Crippen LogP) is 5.78. The number of rotatable bonds is 10. The fourth-order valence-electron chi connectivity index (χ4n) is 2.88. The average molecular weight is 489 g/mol. The predicted molar refractivity (Wildman–Crippen MR) is 132 cm³/mol. The molecule has 176 valence electrons. The van der Waals surface area contributed by atoms with Crippen LogP contribution in [0.2, 0.25) is 5.02 Å². The van der Waals surface area contributed by atoms with E-state index in [-0.39, 0.29) is 22.9 Å². The van der Waals surface area contributed by atoms with Gasteiger partial charge in [0.1, 0.15) is 6.61 Å². The van der Waals surface area contributed by atoms with Crippen LogP contribution in [0, 0.1) is 6.92 Å². The molecular formula is C25H29ClN2O4S. The molecule has 0 saturated carbocycles. The van der Waals surface area contributed by atoms with E-state index >= 15 is 0 Å². The van der Waals surface area contributed by atoms with E-state index in [0.717, 1.165) is 16.0 Å². The molecule has 0 atom stereocenters. The Morgan fingerprint density at radius 2 is 1.61 bits per heavy atom. The van der Waals surface area contributed by atoms with Gasteiger partial charge in [0.05, 0.1) is 31.6 Å². The van der Waals surface area contributed by atoms with Crippen molar-refractivity contribution in [2.45, 2.75) is 51.3 Å². The molecule has 3 rings (SSSR count). The summed E-state index contributed by atoms with van der Waals surface area (Å²) >= 11 is 7.56. The molecule has 2 aromatic carbocycles. The van der Waals surface area contributed by atoms with Crippen LogP contribution in [0.25, 0.3) is 0 Å². The van der Waals surface area contributed by atoms with Crippen LogP contribution in [0.15, 0.2) is 64.4 Å². The minimum absolute atomic E-state index is 0.0349. The summed E-state index contributed by atoms with van der Waals surface area (Å²) < 4.78 is 18.3. The number of halogens is 1. The van der Waals surface area contributed by atoms with E-state index in [0.29, 0.717) is 19.8 Å². The van der Waals surface area contributed by atoms with Crippen LogP contribution >= 0.6 is 23.6 Å².